The summed E-state index contributed by atoms with van der Waals surface area (Å²) in [6.45, 7) is 2.05. The van der Waals surface area contributed by atoms with Gasteiger partial charge in [0.2, 0.25) is 5.91 Å². The average Bonchev–Trinajstić information content (AvgIpc) is 2.60. The number of carboxylic acid groups (broad SMARTS) is 1. The Morgan fingerprint density at radius 1 is 1.27 bits per heavy atom. The first-order valence-electron chi connectivity index (χ1n) is 5.41. The number of rotatable bonds is 3. The lowest BCUT2D eigenvalue weighted by atomic mass is 9.95. The molecular weight excluding hydrogens is 194 g/mol. The summed E-state index contributed by atoms with van der Waals surface area (Å²) in [7, 11) is 3.36. The molecule has 1 fully saturated rings. The van der Waals surface area contributed by atoms with E-state index < -0.39 is 11.9 Å². The summed E-state index contributed by atoms with van der Waals surface area (Å²) in [4.78, 5) is 24.3. The van der Waals surface area contributed by atoms with Crippen LogP contribution in [-0.2, 0) is 9.59 Å². The largest absolute Gasteiger partial charge is 0.481 e. The maximum absolute atomic E-state index is 11.8. The molecule has 3 atom stereocenters. The van der Waals surface area contributed by atoms with Crippen LogP contribution in [0.3, 0.4) is 0 Å². The Hall–Kier alpha value is -1.06. The van der Waals surface area contributed by atoms with Crippen molar-refractivity contribution in [3.63, 3.8) is 0 Å². The third-order valence-electron chi connectivity index (χ3n) is 3.31. The topological polar surface area (TPSA) is 57.6 Å². The van der Waals surface area contributed by atoms with Gasteiger partial charge < -0.3 is 10.0 Å². The van der Waals surface area contributed by atoms with Crippen LogP contribution >= 0.6 is 0 Å². The van der Waals surface area contributed by atoms with Gasteiger partial charge in [-0.15, -0.1) is 0 Å². The second-order valence-corrected chi connectivity index (χ2v) is 4.53. The number of nitrogens with zero attached hydrogens (tertiary/aromatic N) is 1. The SMILES string of the molecule is CCC1C[C@H](C(=O)N(C)C)[C@H](C(=O)O)C1. The summed E-state index contributed by atoms with van der Waals surface area (Å²) in [5.41, 5.74) is 0. The van der Waals surface area contributed by atoms with Crippen LogP contribution in [0.4, 0.5) is 0 Å². The Morgan fingerprint density at radius 2 is 1.80 bits per heavy atom. The molecule has 0 aliphatic heterocycles. The summed E-state index contributed by atoms with van der Waals surface area (Å²) < 4.78 is 0. The van der Waals surface area contributed by atoms with Crippen molar-refractivity contribution >= 4 is 11.9 Å². The van der Waals surface area contributed by atoms with Crippen LogP contribution in [0.25, 0.3) is 0 Å². The quantitative estimate of drug-likeness (QED) is 0.766. The highest BCUT2D eigenvalue weighted by Crippen LogP contribution is 2.39. The highest BCUT2D eigenvalue weighted by atomic mass is 16.4. The Labute approximate surface area is 90.3 Å². The molecular formula is C11H19NO3. The summed E-state index contributed by atoms with van der Waals surface area (Å²) in [5, 5.41) is 9.06. The highest BCUT2D eigenvalue weighted by molar-refractivity contribution is 5.85. The smallest absolute Gasteiger partial charge is 0.307 e. The van der Waals surface area contributed by atoms with Gasteiger partial charge in [-0.2, -0.15) is 0 Å². The van der Waals surface area contributed by atoms with Crippen molar-refractivity contribution < 1.29 is 14.7 Å². The minimum Gasteiger partial charge on any atom is -0.481 e. The lowest BCUT2D eigenvalue weighted by molar-refractivity contribution is -0.148. The summed E-state index contributed by atoms with van der Waals surface area (Å²) in [6.07, 6.45) is 2.33. The van der Waals surface area contributed by atoms with Gasteiger partial charge in [0.05, 0.1) is 11.8 Å². The maximum atomic E-state index is 11.8. The number of hydrogen-bond donors (Lipinski definition) is 1. The summed E-state index contributed by atoms with van der Waals surface area (Å²) in [6, 6.07) is 0. The van der Waals surface area contributed by atoms with Crippen molar-refractivity contribution in [1.29, 1.82) is 0 Å². The molecule has 0 aromatic heterocycles. The van der Waals surface area contributed by atoms with Crippen molar-refractivity contribution in [2.45, 2.75) is 26.2 Å². The third-order valence-corrected chi connectivity index (χ3v) is 3.31. The molecule has 1 amide bonds. The standard InChI is InChI=1S/C11H19NO3/c1-4-7-5-8(10(13)12(2)3)9(6-7)11(14)15/h7-9H,4-6H2,1-3H3,(H,14,15)/t7?,8-,9+/m0/s1. The van der Waals surface area contributed by atoms with Crippen molar-refractivity contribution in [2.75, 3.05) is 14.1 Å². The van der Waals surface area contributed by atoms with E-state index in [2.05, 4.69) is 0 Å². The van der Waals surface area contributed by atoms with Gasteiger partial charge in [-0.1, -0.05) is 13.3 Å². The van der Waals surface area contributed by atoms with Gasteiger partial charge in [0, 0.05) is 14.1 Å². The minimum atomic E-state index is -0.828. The first kappa shape index (κ1) is 12.0. The third kappa shape index (κ3) is 2.49. The molecule has 4 nitrogen and oxygen atoms in total. The lowest BCUT2D eigenvalue weighted by Crippen LogP contribution is -2.34. The van der Waals surface area contributed by atoms with Gasteiger partial charge in [-0.25, -0.2) is 0 Å². The zero-order valence-electron chi connectivity index (χ0n) is 9.56. The van der Waals surface area contributed by atoms with Gasteiger partial charge in [-0.05, 0) is 18.8 Å². The molecule has 1 aliphatic rings. The van der Waals surface area contributed by atoms with E-state index in [1.54, 1.807) is 14.1 Å². The Balaban J connectivity index is 2.77. The maximum Gasteiger partial charge on any atom is 0.307 e. The molecule has 1 aliphatic carbocycles. The van der Waals surface area contributed by atoms with Crippen LogP contribution in [0.2, 0.25) is 0 Å². The predicted octanol–water partition coefficient (Wildman–Crippen LogP) is 1.21. The average molecular weight is 213 g/mol. The predicted molar refractivity (Wildman–Crippen MR) is 56.3 cm³/mol. The second-order valence-electron chi connectivity index (χ2n) is 4.53. The van der Waals surface area contributed by atoms with Crippen LogP contribution in [0.15, 0.2) is 0 Å². The normalized spacial score (nSPS) is 30.2. The van der Waals surface area contributed by atoms with E-state index in [4.69, 9.17) is 5.11 Å². The van der Waals surface area contributed by atoms with Gasteiger partial charge in [0.25, 0.3) is 0 Å². The molecule has 0 bridgehead atoms. The van der Waals surface area contributed by atoms with Crippen LogP contribution in [0, 0.1) is 17.8 Å². The molecule has 0 heterocycles. The highest BCUT2D eigenvalue weighted by Gasteiger charge is 2.42. The Kier molecular flexibility index (Phi) is 3.72. The number of hydrogen-bond acceptors (Lipinski definition) is 2. The minimum absolute atomic E-state index is 0.0432. The summed E-state index contributed by atoms with van der Waals surface area (Å²) in [5.74, 6) is -1.28. The molecule has 4 heteroatoms. The molecule has 1 rings (SSSR count). The molecule has 0 aromatic carbocycles. The van der Waals surface area contributed by atoms with Crippen LogP contribution in [0.5, 0.6) is 0 Å². The fourth-order valence-electron chi connectivity index (χ4n) is 2.35. The second kappa shape index (κ2) is 4.64. The number of carbonyl (C=O) groups excluding carboxylic acids is 1. The zero-order valence-corrected chi connectivity index (χ0v) is 9.56. The number of aliphatic carboxylic acids is 1. The van der Waals surface area contributed by atoms with E-state index >= 15 is 0 Å². The number of amides is 1. The van der Waals surface area contributed by atoms with Gasteiger partial charge in [0.15, 0.2) is 0 Å². The molecule has 1 N–H and O–H groups in total. The van der Waals surface area contributed by atoms with Crippen molar-refractivity contribution in [1.82, 2.24) is 4.90 Å². The summed E-state index contributed by atoms with van der Waals surface area (Å²) >= 11 is 0. The van der Waals surface area contributed by atoms with Crippen LogP contribution < -0.4 is 0 Å². The molecule has 0 saturated heterocycles. The zero-order chi connectivity index (χ0) is 11.6. The van der Waals surface area contributed by atoms with Gasteiger partial charge in [0.1, 0.15) is 0 Å². The first-order valence-corrected chi connectivity index (χ1v) is 5.41. The van der Waals surface area contributed by atoms with Gasteiger partial charge >= 0.3 is 5.97 Å². The van der Waals surface area contributed by atoms with E-state index in [1.807, 2.05) is 6.92 Å². The van der Waals surface area contributed by atoms with Gasteiger partial charge in [-0.3, -0.25) is 9.59 Å². The van der Waals surface area contributed by atoms with Crippen molar-refractivity contribution in [3.8, 4) is 0 Å². The Bertz CT molecular complexity index is 263. The molecule has 1 unspecified atom stereocenters. The van der Waals surface area contributed by atoms with E-state index in [1.165, 1.54) is 4.90 Å². The molecule has 0 spiro atoms. The monoisotopic (exact) mass is 213 g/mol. The van der Waals surface area contributed by atoms with E-state index in [9.17, 15) is 9.59 Å². The Morgan fingerprint density at radius 3 is 2.20 bits per heavy atom. The molecule has 86 valence electrons. The van der Waals surface area contributed by atoms with E-state index in [0.29, 0.717) is 12.3 Å². The number of carboxylic acids is 1. The first-order chi connectivity index (χ1) is 6.97. The van der Waals surface area contributed by atoms with Crippen molar-refractivity contribution in [3.05, 3.63) is 0 Å². The fourth-order valence-corrected chi connectivity index (χ4v) is 2.35. The fraction of sp³-hybridized carbons (Fsp3) is 0.818. The van der Waals surface area contributed by atoms with Crippen molar-refractivity contribution in [2.24, 2.45) is 17.8 Å². The molecule has 0 radical (unpaired) electrons. The van der Waals surface area contributed by atoms with Crippen LogP contribution in [-0.4, -0.2) is 36.0 Å². The molecule has 1 saturated carbocycles. The van der Waals surface area contributed by atoms with E-state index in [0.717, 1.165) is 12.8 Å². The van der Waals surface area contributed by atoms with E-state index in [-0.39, 0.29) is 11.8 Å². The number of carbonyl (C=O) groups is 2. The van der Waals surface area contributed by atoms with Crippen LogP contribution in [0.1, 0.15) is 26.2 Å². The molecule has 0 aromatic rings. The lowest BCUT2D eigenvalue weighted by Gasteiger charge is -2.19. The molecule has 15 heavy (non-hydrogen) atoms.